The molecule has 0 saturated heterocycles. The zero-order valence-corrected chi connectivity index (χ0v) is 14.4. The Morgan fingerprint density at radius 1 is 1.35 bits per heavy atom. The summed E-state index contributed by atoms with van der Waals surface area (Å²) in [5.41, 5.74) is 1.71. The standard InChI is InChI=1S/C18H24FNO2S/c1-2-3-10-23(21)20-18(14-6-7-14)15-8-9-16(19)17(11-15)22-12-13-4-5-13/h8-9,11,13-14H,2-7,10,12H2,1H3. The highest BCUT2D eigenvalue weighted by Crippen LogP contribution is 2.36. The molecular formula is C18H24FNO2S. The number of hydrogen-bond donors (Lipinski definition) is 0. The molecular weight excluding hydrogens is 313 g/mol. The number of unbranched alkanes of at least 4 members (excludes halogenated alkanes) is 1. The van der Waals surface area contributed by atoms with E-state index in [0.717, 1.165) is 37.0 Å². The third-order valence-corrected chi connectivity index (χ3v) is 5.27. The van der Waals surface area contributed by atoms with E-state index in [2.05, 4.69) is 11.3 Å². The average molecular weight is 337 g/mol. The summed E-state index contributed by atoms with van der Waals surface area (Å²) in [6.45, 7) is 2.66. The summed E-state index contributed by atoms with van der Waals surface area (Å²) in [4.78, 5) is 0. The first-order valence-corrected chi connectivity index (χ1v) is 9.84. The highest BCUT2D eigenvalue weighted by molar-refractivity contribution is 7.90. The molecule has 0 heterocycles. The molecule has 0 amide bonds. The van der Waals surface area contributed by atoms with Crippen molar-refractivity contribution in [3.8, 4) is 5.75 Å². The molecule has 126 valence electrons. The number of nitrogens with zero attached hydrogens (tertiary/aromatic N) is 1. The van der Waals surface area contributed by atoms with E-state index < -0.39 is 11.4 Å². The second-order valence-corrected chi connectivity index (χ2v) is 7.76. The fourth-order valence-electron chi connectivity index (χ4n) is 2.41. The van der Waals surface area contributed by atoms with E-state index in [9.17, 15) is 8.94 Å². The predicted octanol–water partition coefficient (Wildman–Crippen LogP) is 4.28. The van der Waals surface area contributed by atoms with Crippen molar-refractivity contribution in [3.05, 3.63) is 29.6 Å². The molecule has 3 rings (SSSR count). The predicted molar refractivity (Wildman–Crippen MR) is 91.8 cm³/mol. The maximum absolute atomic E-state index is 13.9. The van der Waals surface area contributed by atoms with Crippen LogP contribution in [-0.2, 0) is 11.4 Å². The number of hydrogen-bond acceptors (Lipinski definition) is 3. The normalized spacial score (nSPS) is 19.7. The number of ether oxygens (including phenoxy) is 1. The summed E-state index contributed by atoms with van der Waals surface area (Å²) >= 11 is -1.19. The second kappa shape index (κ2) is 7.67. The topological polar surface area (TPSA) is 44.7 Å². The van der Waals surface area contributed by atoms with Gasteiger partial charge in [-0.2, -0.15) is 0 Å². The lowest BCUT2D eigenvalue weighted by molar-refractivity contribution is 0.285. The Morgan fingerprint density at radius 3 is 2.78 bits per heavy atom. The Labute approximate surface area is 140 Å². The van der Waals surface area contributed by atoms with Crippen LogP contribution in [0.4, 0.5) is 4.39 Å². The minimum Gasteiger partial charge on any atom is -0.591 e. The van der Waals surface area contributed by atoms with Crippen LogP contribution in [0.5, 0.6) is 5.75 Å². The largest absolute Gasteiger partial charge is 0.591 e. The van der Waals surface area contributed by atoms with Crippen molar-refractivity contribution in [2.45, 2.75) is 45.4 Å². The van der Waals surface area contributed by atoms with Crippen LogP contribution < -0.4 is 4.74 Å². The Bertz CT molecular complexity index is 570. The third kappa shape index (κ3) is 4.95. The number of benzene rings is 1. The first kappa shape index (κ1) is 16.8. The van der Waals surface area contributed by atoms with Crippen LogP contribution in [0.25, 0.3) is 0 Å². The van der Waals surface area contributed by atoms with Crippen LogP contribution >= 0.6 is 0 Å². The van der Waals surface area contributed by atoms with Gasteiger partial charge in [-0.3, -0.25) is 0 Å². The molecule has 1 aromatic rings. The van der Waals surface area contributed by atoms with E-state index in [-0.39, 0.29) is 5.82 Å². The monoisotopic (exact) mass is 337 g/mol. The molecule has 0 radical (unpaired) electrons. The van der Waals surface area contributed by atoms with E-state index in [0.29, 0.717) is 29.9 Å². The lowest BCUT2D eigenvalue weighted by atomic mass is 10.1. The smallest absolute Gasteiger partial charge is 0.165 e. The van der Waals surface area contributed by atoms with Gasteiger partial charge in [-0.05, 0) is 56.2 Å². The fourth-order valence-corrected chi connectivity index (χ4v) is 3.51. The van der Waals surface area contributed by atoms with E-state index in [1.165, 1.54) is 18.9 Å². The second-order valence-electron chi connectivity index (χ2n) is 6.53. The van der Waals surface area contributed by atoms with Crippen molar-refractivity contribution in [2.75, 3.05) is 12.4 Å². The summed E-state index contributed by atoms with van der Waals surface area (Å²) in [6, 6.07) is 4.89. The number of rotatable bonds is 9. The van der Waals surface area contributed by atoms with E-state index >= 15 is 0 Å². The molecule has 2 aliphatic rings. The summed E-state index contributed by atoms with van der Waals surface area (Å²) < 4.78 is 36.1. The third-order valence-electron chi connectivity index (χ3n) is 4.24. The maximum atomic E-state index is 13.9. The fraction of sp³-hybridized carbons (Fsp3) is 0.611. The van der Waals surface area contributed by atoms with Gasteiger partial charge < -0.3 is 9.29 Å². The first-order chi connectivity index (χ1) is 11.2. The van der Waals surface area contributed by atoms with Crippen molar-refractivity contribution in [3.63, 3.8) is 0 Å². The Hall–Kier alpha value is -1.07. The molecule has 2 fully saturated rings. The number of halogens is 1. The lowest BCUT2D eigenvalue weighted by Crippen LogP contribution is -2.11. The molecule has 3 nitrogen and oxygen atoms in total. The van der Waals surface area contributed by atoms with Gasteiger partial charge in [0.1, 0.15) is 11.5 Å². The molecule has 2 saturated carbocycles. The van der Waals surface area contributed by atoms with Gasteiger partial charge in [0, 0.05) is 11.5 Å². The van der Waals surface area contributed by atoms with Crippen LogP contribution in [0.2, 0.25) is 0 Å². The van der Waals surface area contributed by atoms with Crippen molar-refractivity contribution in [1.29, 1.82) is 0 Å². The Morgan fingerprint density at radius 2 is 2.13 bits per heavy atom. The van der Waals surface area contributed by atoms with Crippen molar-refractivity contribution < 1.29 is 13.7 Å². The van der Waals surface area contributed by atoms with Crippen LogP contribution in [0.1, 0.15) is 51.0 Å². The molecule has 0 bridgehead atoms. The molecule has 5 heteroatoms. The van der Waals surface area contributed by atoms with E-state index in [1.807, 2.05) is 0 Å². The summed E-state index contributed by atoms with van der Waals surface area (Å²) in [7, 11) is 0. The van der Waals surface area contributed by atoms with Gasteiger partial charge in [-0.1, -0.05) is 17.7 Å². The average Bonchev–Trinajstić information content (AvgIpc) is 3.43. The van der Waals surface area contributed by atoms with Gasteiger partial charge in [0.2, 0.25) is 0 Å². The molecule has 0 aliphatic heterocycles. The highest BCUT2D eigenvalue weighted by Gasteiger charge is 2.31. The summed E-state index contributed by atoms with van der Waals surface area (Å²) in [5, 5.41) is 0. The molecule has 0 spiro atoms. The van der Waals surface area contributed by atoms with Crippen molar-refractivity contribution >= 4 is 17.1 Å². The molecule has 1 unspecified atom stereocenters. The van der Waals surface area contributed by atoms with Gasteiger partial charge in [0.15, 0.2) is 11.6 Å². The molecule has 1 aromatic carbocycles. The molecule has 1 atom stereocenters. The molecule has 0 aromatic heterocycles. The SMILES string of the molecule is CCCC[S+]([O-])N=C(c1ccc(F)c(OCC2CC2)c1)C1CC1. The van der Waals surface area contributed by atoms with Crippen LogP contribution in [0.3, 0.4) is 0 Å². The van der Waals surface area contributed by atoms with Crippen LogP contribution in [0.15, 0.2) is 22.6 Å². The van der Waals surface area contributed by atoms with Gasteiger partial charge in [-0.25, -0.2) is 4.39 Å². The minimum absolute atomic E-state index is 0.294. The van der Waals surface area contributed by atoms with E-state index in [4.69, 9.17) is 4.74 Å². The summed E-state index contributed by atoms with van der Waals surface area (Å²) in [5.74, 6) is 1.50. The molecule has 23 heavy (non-hydrogen) atoms. The zero-order chi connectivity index (χ0) is 16.2. The zero-order valence-electron chi connectivity index (χ0n) is 13.6. The molecule has 2 aliphatic carbocycles. The lowest BCUT2D eigenvalue weighted by Gasteiger charge is -2.11. The van der Waals surface area contributed by atoms with Crippen molar-refractivity contribution in [1.82, 2.24) is 0 Å². The van der Waals surface area contributed by atoms with Gasteiger partial charge in [0.25, 0.3) is 0 Å². The van der Waals surface area contributed by atoms with Crippen LogP contribution in [-0.4, -0.2) is 22.6 Å². The van der Waals surface area contributed by atoms with Crippen molar-refractivity contribution in [2.24, 2.45) is 16.2 Å². The Balaban J connectivity index is 1.75. The van der Waals surface area contributed by atoms with Gasteiger partial charge in [0.05, 0.1) is 18.0 Å². The van der Waals surface area contributed by atoms with Crippen LogP contribution in [0, 0.1) is 17.7 Å². The summed E-state index contributed by atoms with van der Waals surface area (Å²) in [6.07, 6.45) is 6.40. The van der Waals surface area contributed by atoms with E-state index in [1.54, 1.807) is 12.1 Å². The Kier molecular flexibility index (Phi) is 5.59. The van der Waals surface area contributed by atoms with Gasteiger partial charge in [-0.15, -0.1) is 0 Å². The van der Waals surface area contributed by atoms with Gasteiger partial charge >= 0.3 is 0 Å². The highest BCUT2D eigenvalue weighted by atomic mass is 32.2. The first-order valence-electron chi connectivity index (χ1n) is 8.57. The maximum Gasteiger partial charge on any atom is 0.165 e. The molecule has 0 N–H and O–H groups in total. The quantitative estimate of drug-likeness (QED) is 0.499. The minimum atomic E-state index is -1.19.